The molecule has 1 rings (SSSR count). The van der Waals surface area contributed by atoms with E-state index in [1.54, 1.807) is 14.0 Å². The van der Waals surface area contributed by atoms with E-state index in [1.807, 2.05) is 6.92 Å². The van der Waals surface area contributed by atoms with E-state index in [-0.39, 0.29) is 6.42 Å². The largest absolute Gasteiger partial charge is 0.296 e. The predicted molar refractivity (Wildman–Crippen MR) is 58.8 cm³/mol. The van der Waals surface area contributed by atoms with Gasteiger partial charge in [-0.05, 0) is 19.8 Å². The number of nitrogens with zero attached hydrogens (tertiary/aromatic N) is 3. The number of rotatable bonds is 5. The smallest absolute Gasteiger partial charge is 0.211 e. The molecule has 4 nitrogen and oxygen atoms in total. The Kier molecular flexibility index (Phi) is 3.78. The minimum absolute atomic E-state index is 0.111. The van der Waals surface area contributed by atoms with E-state index in [4.69, 9.17) is 0 Å². The van der Waals surface area contributed by atoms with Crippen molar-refractivity contribution in [3.8, 4) is 0 Å². The van der Waals surface area contributed by atoms with E-state index in [0.29, 0.717) is 17.8 Å². The highest BCUT2D eigenvalue weighted by Crippen LogP contribution is 2.32. The van der Waals surface area contributed by atoms with Crippen LogP contribution in [0.25, 0.3) is 0 Å². The maximum atomic E-state index is 14.6. The number of aryl methyl sites for hydroxylation is 2. The van der Waals surface area contributed by atoms with Crippen LogP contribution in [0.5, 0.6) is 0 Å². The third-order valence-corrected chi connectivity index (χ3v) is 2.80. The zero-order chi connectivity index (χ0) is 12.3. The molecule has 0 N–H and O–H groups in total. The molecule has 0 fully saturated rings. The quantitative estimate of drug-likeness (QED) is 0.772. The summed E-state index contributed by atoms with van der Waals surface area (Å²) in [5, 5.41) is 7.73. The average molecular weight is 227 g/mol. The summed E-state index contributed by atoms with van der Waals surface area (Å²) >= 11 is 0. The van der Waals surface area contributed by atoms with Crippen molar-refractivity contribution >= 4 is 5.78 Å². The van der Waals surface area contributed by atoms with Crippen LogP contribution in [0.3, 0.4) is 0 Å². The maximum absolute atomic E-state index is 14.6. The molecule has 0 saturated carbocycles. The Morgan fingerprint density at radius 2 is 2.12 bits per heavy atom. The molecule has 0 aliphatic rings. The Hall–Kier alpha value is -1.26. The van der Waals surface area contributed by atoms with Crippen LogP contribution in [0.4, 0.5) is 4.39 Å². The number of halogens is 1. The first kappa shape index (κ1) is 12.8. The highest BCUT2D eigenvalue weighted by molar-refractivity contribution is 5.85. The van der Waals surface area contributed by atoms with Gasteiger partial charge in [0, 0.05) is 7.05 Å². The lowest BCUT2D eigenvalue weighted by atomic mass is 9.91. The molecule has 16 heavy (non-hydrogen) atoms. The van der Waals surface area contributed by atoms with E-state index in [9.17, 15) is 9.18 Å². The van der Waals surface area contributed by atoms with Crippen molar-refractivity contribution in [1.82, 2.24) is 15.0 Å². The molecule has 1 aromatic rings. The van der Waals surface area contributed by atoms with Gasteiger partial charge in [-0.1, -0.05) is 25.5 Å². The molecule has 1 heterocycles. The summed E-state index contributed by atoms with van der Waals surface area (Å²) in [5.74, 6) is -0.488. The minimum atomic E-state index is -1.96. The first-order valence-corrected chi connectivity index (χ1v) is 5.56. The van der Waals surface area contributed by atoms with Crippen LogP contribution in [-0.2, 0) is 23.9 Å². The van der Waals surface area contributed by atoms with Gasteiger partial charge in [-0.15, -0.1) is 5.10 Å². The normalized spacial score (nSPS) is 14.8. The van der Waals surface area contributed by atoms with Crippen molar-refractivity contribution in [1.29, 1.82) is 0 Å². The number of alkyl halides is 1. The van der Waals surface area contributed by atoms with Crippen molar-refractivity contribution in [2.24, 2.45) is 7.05 Å². The fraction of sp³-hybridized carbons (Fsp3) is 0.727. The van der Waals surface area contributed by atoms with Gasteiger partial charge in [0.1, 0.15) is 5.69 Å². The van der Waals surface area contributed by atoms with Crippen molar-refractivity contribution in [2.45, 2.75) is 45.7 Å². The minimum Gasteiger partial charge on any atom is -0.296 e. The monoisotopic (exact) mass is 227 g/mol. The van der Waals surface area contributed by atoms with Crippen molar-refractivity contribution in [2.75, 3.05) is 0 Å². The molecule has 0 aliphatic carbocycles. The summed E-state index contributed by atoms with van der Waals surface area (Å²) in [5.41, 5.74) is -1.06. The molecule has 0 spiro atoms. The summed E-state index contributed by atoms with van der Waals surface area (Å²) in [6.07, 6.45) is 1.60. The van der Waals surface area contributed by atoms with Crippen molar-refractivity contribution in [3.63, 3.8) is 0 Å². The zero-order valence-electron chi connectivity index (χ0n) is 10.2. The standard InChI is InChI=1S/C11H18FN3O/c1-5-7-9-10(15(4)14-13-9)11(12,6-2)8(3)16/h5-7H2,1-4H3. The number of carbonyl (C=O) groups is 1. The Morgan fingerprint density at radius 3 is 2.56 bits per heavy atom. The lowest BCUT2D eigenvalue weighted by Gasteiger charge is -2.21. The summed E-state index contributed by atoms with van der Waals surface area (Å²) in [6.45, 7) is 4.91. The molecule has 1 unspecified atom stereocenters. The fourth-order valence-corrected chi connectivity index (χ4v) is 1.87. The Labute approximate surface area is 94.8 Å². The molecule has 0 amide bonds. The van der Waals surface area contributed by atoms with Crippen molar-refractivity contribution in [3.05, 3.63) is 11.4 Å². The lowest BCUT2D eigenvalue weighted by Crippen LogP contribution is -2.32. The Balaban J connectivity index is 3.28. The van der Waals surface area contributed by atoms with E-state index < -0.39 is 11.5 Å². The summed E-state index contributed by atoms with van der Waals surface area (Å²) < 4.78 is 16.0. The van der Waals surface area contributed by atoms with E-state index in [1.165, 1.54) is 11.6 Å². The molecule has 5 heteroatoms. The number of Topliss-reactive ketones (excluding diaryl/α,β-unsaturated/α-hetero) is 1. The third-order valence-electron chi connectivity index (χ3n) is 2.80. The van der Waals surface area contributed by atoms with Crippen LogP contribution in [0.2, 0.25) is 0 Å². The second-order valence-electron chi connectivity index (χ2n) is 3.97. The second-order valence-corrected chi connectivity index (χ2v) is 3.97. The first-order valence-electron chi connectivity index (χ1n) is 5.56. The van der Waals surface area contributed by atoms with Gasteiger partial charge in [0.25, 0.3) is 0 Å². The van der Waals surface area contributed by atoms with Gasteiger partial charge >= 0.3 is 0 Å². The topological polar surface area (TPSA) is 47.8 Å². The van der Waals surface area contributed by atoms with Crippen molar-refractivity contribution < 1.29 is 9.18 Å². The van der Waals surface area contributed by atoms with Gasteiger partial charge in [0.05, 0.1) is 5.69 Å². The second kappa shape index (κ2) is 4.72. The number of ketones is 1. The molecule has 90 valence electrons. The van der Waals surface area contributed by atoms with Crippen LogP contribution in [-0.4, -0.2) is 20.8 Å². The fourth-order valence-electron chi connectivity index (χ4n) is 1.87. The zero-order valence-corrected chi connectivity index (χ0v) is 10.2. The molecule has 0 bridgehead atoms. The van der Waals surface area contributed by atoms with Gasteiger partial charge in [0.2, 0.25) is 5.67 Å². The highest BCUT2D eigenvalue weighted by atomic mass is 19.1. The predicted octanol–water partition coefficient (Wildman–Crippen LogP) is 1.93. The summed E-state index contributed by atoms with van der Waals surface area (Å²) in [6, 6.07) is 0. The summed E-state index contributed by atoms with van der Waals surface area (Å²) in [7, 11) is 1.62. The van der Waals surface area contributed by atoms with Gasteiger partial charge in [0.15, 0.2) is 5.78 Å². The molecule has 0 saturated heterocycles. The van der Waals surface area contributed by atoms with Gasteiger partial charge < -0.3 is 0 Å². The molecule has 1 aromatic heterocycles. The molecular formula is C11H18FN3O. The van der Waals surface area contributed by atoms with Crippen LogP contribution in [0, 0.1) is 0 Å². The van der Waals surface area contributed by atoms with Gasteiger partial charge in [-0.25, -0.2) is 9.07 Å². The van der Waals surface area contributed by atoms with E-state index >= 15 is 0 Å². The number of carbonyl (C=O) groups excluding carboxylic acids is 1. The number of hydrogen-bond acceptors (Lipinski definition) is 3. The SMILES string of the molecule is CCCc1nnn(C)c1C(F)(CC)C(C)=O. The van der Waals surface area contributed by atoms with Gasteiger partial charge in [-0.2, -0.15) is 0 Å². The van der Waals surface area contributed by atoms with E-state index in [2.05, 4.69) is 10.3 Å². The van der Waals surface area contributed by atoms with E-state index in [0.717, 1.165) is 6.42 Å². The first-order chi connectivity index (χ1) is 7.47. The van der Waals surface area contributed by atoms with Crippen LogP contribution < -0.4 is 0 Å². The summed E-state index contributed by atoms with van der Waals surface area (Å²) in [4.78, 5) is 11.5. The van der Waals surface area contributed by atoms with Crippen LogP contribution in [0.1, 0.15) is 45.0 Å². The van der Waals surface area contributed by atoms with Gasteiger partial charge in [-0.3, -0.25) is 4.79 Å². The molecule has 0 radical (unpaired) electrons. The van der Waals surface area contributed by atoms with Crippen LogP contribution >= 0.6 is 0 Å². The molecule has 0 aromatic carbocycles. The number of aromatic nitrogens is 3. The highest BCUT2D eigenvalue weighted by Gasteiger charge is 2.40. The maximum Gasteiger partial charge on any atom is 0.211 e. The lowest BCUT2D eigenvalue weighted by molar-refractivity contribution is -0.129. The molecule has 0 aliphatic heterocycles. The number of hydrogen-bond donors (Lipinski definition) is 0. The Morgan fingerprint density at radius 1 is 1.50 bits per heavy atom. The molecular weight excluding hydrogens is 209 g/mol. The van der Waals surface area contributed by atoms with Crippen LogP contribution in [0.15, 0.2) is 0 Å². The average Bonchev–Trinajstić information content (AvgIpc) is 2.59. The third kappa shape index (κ3) is 1.99. The molecule has 1 atom stereocenters. The Bertz CT molecular complexity index is 389.